The van der Waals surface area contributed by atoms with Crippen molar-refractivity contribution in [1.29, 1.82) is 0 Å². The first-order valence-corrected chi connectivity index (χ1v) is 9.26. The average Bonchev–Trinajstić information content (AvgIpc) is 2.85. The van der Waals surface area contributed by atoms with Gasteiger partial charge in [-0.1, -0.05) is 45.0 Å². The first-order valence-electron chi connectivity index (χ1n) is 9.26. The van der Waals surface area contributed by atoms with Gasteiger partial charge in [0.1, 0.15) is 0 Å². The maximum absolute atomic E-state index is 12.6. The van der Waals surface area contributed by atoms with Gasteiger partial charge in [0, 0.05) is 13.0 Å². The van der Waals surface area contributed by atoms with Gasteiger partial charge >= 0.3 is 0 Å². The smallest absolute Gasteiger partial charge is 0.290 e. The SMILES string of the molecule is CCC(=O)C1=C(O)C(=O)N(CCOC(C)C)C1c1ccc(C(C)C)cc1. The fourth-order valence-electron chi connectivity index (χ4n) is 3.16. The third kappa shape index (κ3) is 4.15. The van der Waals surface area contributed by atoms with Gasteiger partial charge in [-0.15, -0.1) is 0 Å². The Morgan fingerprint density at radius 1 is 1.19 bits per heavy atom. The molecule has 1 amide bonds. The fraction of sp³-hybridized carbons (Fsp3) is 0.524. The Morgan fingerprint density at radius 3 is 2.31 bits per heavy atom. The van der Waals surface area contributed by atoms with Crippen molar-refractivity contribution < 1.29 is 19.4 Å². The van der Waals surface area contributed by atoms with E-state index < -0.39 is 17.7 Å². The van der Waals surface area contributed by atoms with Gasteiger partial charge in [-0.05, 0) is 30.9 Å². The summed E-state index contributed by atoms with van der Waals surface area (Å²) in [6.07, 6.45) is 0.290. The number of rotatable bonds is 8. The van der Waals surface area contributed by atoms with Crippen molar-refractivity contribution in [3.8, 4) is 0 Å². The molecule has 1 atom stereocenters. The Morgan fingerprint density at radius 2 is 1.81 bits per heavy atom. The van der Waals surface area contributed by atoms with Gasteiger partial charge in [0.2, 0.25) is 0 Å². The zero-order valence-corrected chi connectivity index (χ0v) is 16.3. The summed E-state index contributed by atoms with van der Waals surface area (Å²) in [4.78, 5) is 26.5. The number of benzene rings is 1. The molecule has 2 rings (SSSR count). The molecule has 5 nitrogen and oxygen atoms in total. The fourth-order valence-corrected chi connectivity index (χ4v) is 3.16. The predicted molar refractivity (Wildman–Crippen MR) is 101 cm³/mol. The molecule has 1 aromatic carbocycles. The summed E-state index contributed by atoms with van der Waals surface area (Å²) >= 11 is 0. The van der Waals surface area contributed by atoms with E-state index in [-0.39, 0.29) is 23.9 Å². The van der Waals surface area contributed by atoms with Gasteiger partial charge in [0.25, 0.3) is 5.91 Å². The highest BCUT2D eigenvalue weighted by Gasteiger charge is 2.42. The number of amides is 1. The van der Waals surface area contributed by atoms with Crippen LogP contribution in [0.2, 0.25) is 0 Å². The summed E-state index contributed by atoms with van der Waals surface area (Å²) in [7, 11) is 0. The number of hydrogen-bond acceptors (Lipinski definition) is 4. The van der Waals surface area contributed by atoms with Crippen LogP contribution in [0.5, 0.6) is 0 Å². The first kappa shape index (κ1) is 20.2. The van der Waals surface area contributed by atoms with E-state index in [1.54, 1.807) is 6.92 Å². The number of ether oxygens (including phenoxy) is 1. The minimum atomic E-state index is -0.563. The Labute approximate surface area is 155 Å². The van der Waals surface area contributed by atoms with Crippen LogP contribution in [0.25, 0.3) is 0 Å². The molecule has 1 unspecified atom stereocenters. The Bertz CT molecular complexity index is 688. The molecule has 1 aliphatic rings. The summed E-state index contributed by atoms with van der Waals surface area (Å²) in [6, 6.07) is 7.33. The van der Waals surface area contributed by atoms with Crippen molar-refractivity contribution in [3.63, 3.8) is 0 Å². The van der Waals surface area contributed by atoms with Crippen LogP contribution in [0.4, 0.5) is 0 Å². The van der Waals surface area contributed by atoms with E-state index in [1.807, 2.05) is 38.1 Å². The van der Waals surface area contributed by atoms with Crippen molar-refractivity contribution in [2.75, 3.05) is 13.2 Å². The lowest BCUT2D eigenvalue weighted by molar-refractivity contribution is -0.130. The Balaban J connectivity index is 2.38. The third-order valence-corrected chi connectivity index (χ3v) is 4.63. The lowest BCUT2D eigenvalue weighted by Crippen LogP contribution is -2.34. The van der Waals surface area contributed by atoms with Crippen molar-refractivity contribution in [2.45, 2.75) is 59.1 Å². The van der Waals surface area contributed by atoms with E-state index in [0.29, 0.717) is 19.1 Å². The molecule has 0 saturated carbocycles. The summed E-state index contributed by atoms with van der Waals surface area (Å²) in [5.74, 6) is -0.752. The third-order valence-electron chi connectivity index (χ3n) is 4.63. The van der Waals surface area contributed by atoms with Crippen LogP contribution in [0.3, 0.4) is 0 Å². The van der Waals surface area contributed by atoms with E-state index in [4.69, 9.17) is 4.74 Å². The van der Waals surface area contributed by atoms with Crippen LogP contribution >= 0.6 is 0 Å². The van der Waals surface area contributed by atoms with Crippen molar-refractivity contribution in [3.05, 3.63) is 46.7 Å². The second-order valence-electron chi connectivity index (χ2n) is 7.18. The molecule has 1 heterocycles. The maximum Gasteiger partial charge on any atom is 0.290 e. The van der Waals surface area contributed by atoms with E-state index in [2.05, 4.69) is 13.8 Å². The molecule has 0 aliphatic carbocycles. The monoisotopic (exact) mass is 359 g/mol. The maximum atomic E-state index is 12.6. The van der Waals surface area contributed by atoms with Gasteiger partial charge in [-0.3, -0.25) is 9.59 Å². The van der Waals surface area contributed by atoms with E-state index in [0.717, 1.165) is 5.56 Å². The average molecular weight is 359 g/mol. The number of Topliss-reactive ketones (excluding diaryl/α,β-unsaturated/α-hetero) is 1. The molecule has 5 heteroatoms. The molecule has 0 bridgehead atoms. The topological polar surface area (TPSA) is 66.8 Å². The second kappa shape index (κ2) is 8.49. The van der Waals surface area contributed by atoms with Crippen LogP contribution < -0.4 is 0 Å². The molecule has 1 aliphatic heterocycles. The number of carbonyl (C=O) groups is 2. The van der Waals surface area contributed by atoms with Crippen molar-refractivity contribution >= 4 is 11.7 Å². The lowest BCUT2D eigenvalue weighted by atomic mass is 9.93. The standard InChI is InChI=1S/C21H29NO4/c1-6-17(23)18-19(16-9-7-15(8-10-16)13(2)3)22(21(25)20(18)24)11-12-26-14(4)5/h7-10,13-14,19,24H,6,11-12H2,1-5H3. The van der Waals surface area contributed by atoms with Crippen molar-refractivity contribution in [2.24, 2.45) is 0 Å². The number of aliphatic hydroxyl groups excluding tert-OH is 1. The summed E-state index contributed by atoms with van der Waals surface area (Å²) < 4.78 is 5.57. The van der Waals surface area contributed by atoms with Gasteiger partial charge in [-0.2, -0.15) is 0 Å². The lowest BCUT2D eigenvalue weighted by Gasteiger charge is -2.27. The molecule has 1 N–H and O–H groups in total. The summed E-state index contributed by atoms with van der Waals surface area (Å²) in [6.45, 7) is 10.5. The van der Waals surface area contributed by atoms with Gasteiger partial charge < -0.3 is 14.7 Å². The van der Waals surface area contributed by atoms with Gasteiger partial charge in [0.15, 0.2) is 11.5 Å². The van der Waals surface area contributed by atoms with Crippen molar-refractivity contribution in [1.82, 2.24) is 4.90 Å². The van der Waals surface area contributed by atoms with Crippen LogP contribution in [0, 0.1) is 0 Å². The Kier molecular flexibility index (Phi) is 6.59. The normalized spacial score (nSPS) is 17.7. The van der Waals surface area contributed by atoms with E-state index in [1.165, 1.54) is 10.5 Å². The predicted octanol–water partition coefficient (Wildman–Crippen LogP) is 3.91. The number of carbonyl (C=O) groups excluding carboxylic acids is 2. The number of hydrogen-bond donors (Lipinski definition) is 1. The zero-order chi connectivity index (χ0) is 19.4. The molecule has 142 valence electrons. The van der Waals surface area contributed by atoms with Gasteiger partial charge in [-0.25, -0.2) is 0 Å². The van der Waals surface area contributed by atoms with Crippen LogP contribution in [0.15, 0.2) is 35.6 Å². The molecule has 0 spiro atoms. The molecule has 0 radical (unpaired) electrons. The first-order chi connectivity index (χ1) is 12.3. The van der Waals surface area contributed by atoms with E-state index in [9.17, 15) is 14.7 Å². The highest BCUT2D eigenvalue weighted by molar-refractivity contribution is 6.08. The zero-order valence-electron chi connectivity index (χ0n) is 16.3. The summed E-state index contributed by atoms with van der Waals surface area (Å²) in [5.41, 5.74) is 2.21. The largest absolute Gasteiger partial charge is 0.503 e. The summed E-state index contributed by atoms with van der Waals surface area (Å²) in [5, 5.41) is 10.3. The molecular weight excluding hydrogens is 330 g/mol. The van der Waals surface area contributed by atoms with Crippen LogP contribution in [0.1, 0.15) is 64.1 Å². The number of nitrogens with zero attached hydrogens (tertiary/aromatic N) is 1. The Hall–Kier alpha value is -2.14. The molecule has 1 aromatic rings. The minimum Gasteiger partial charge on any atom is -0.503 e. The number of aliphatic hydroxyl groups is 1. The number of ketones is 1. The molecule has 0 aromatic heterocycles. The minimum absolute atomic E-state index is 0.0507. The molecular formula is C21H29NO4. The molecule has 26 heavy (non-hydrogen) atoms. The van der Waals surface area contributed by atoms with Crippen LogP contribution in [-0.2, 0) is 14.3 Å². The molecule has 0 fully saturated rings. The van der Waals surface area contributed by atoms with Crippen LogP contribution in [-0.4, -0.2) is 41.0 Å². The highest BCUT2D eigenvalue weighted by Crippen LogP contribution is 2.38. The quantitative estimate of drug-likeness (QED) is 0.764. The second-order valence-corrected chi connectivity index (χ2v) is 7.18. The highest BCUT2D eigenvalue weighted by atomic mass is 16.5. The molecule has 0 saturated heterocycles. The van der Waals surface area contributed by atoms with Gasteiger partial charge in [0.05, 0.1) is 24.3 Å². The van der Waals surface area contributed by atoms with E-state index >= 15 is 0 Å².